The fourth-order valence-electron chi connectivity index (χ4n) is 0.757. The molecule has 1 aliphatic heterocycles. The molecule has 52 valence electrons. The third-order valence-electron chi connectivity index (χ3n) is 1.45. The molecule has 0 aromatic rings. The SMILES string of the molecule is C/C=C(\C)C1OCCO1. The smallest absolute Gasteiger partial charge is 0.179 e. The Morgan fingerprint density at radius 2 is 2.00 bits per heavy atom. The van der Waals surface area contributed by atoms with E-state index in [0.717, 1.165) is 18.8 Å². The van der Waals surface area contributed by atoms with Gasteiger partial charge in [-0.15, -0.1) is 0 Å². The zero-order valence-corrected chi connectivity index (χ0v) is 5.89. The van der Waals surface area contributed by atoms with E-state index in [-0.39, 0.29) is 6.29 Å². The van der Waals surface area contributed by atoms with Crippen LogP contribution in [0.15, 0.2) is 11.6 Å². The molecule has 2 heteroatoms. The first-order valence-electron chi connectivity index (χ1n) is 3.20. The minimum absolute atomic E-state index is 0.0602. The molecule has 2 nitrogen and oxygen atoms in total. The van der Waals surface area contributed by atoms with Crippen molar-refractivity contribution >= 4 is 0 Å². The lowest BCUT2D eigenvalue weighted by Crippen LogP contribution is -2.08. The summed E-state index contributed by atoms with van der Waals surface area (Å²) in [5.41, 5.74) is 1.16. The maximum absolute atomic E-state index is 5.22. The Labute approximate surface area is 55.5 Å². The van der Waals surface area contributed by atoms with E-state index in [2.05, 4.69) is 0 Å². The van der Waals surface area contributed by atoms with Crippen LogP contribution in [0.3, 0.4) is 0 Å². The summed E-state index contributed by atoms with van der Waals surface area (Å²) in [7, 11) is 0. The van der Waals surface area contributed by atoms with E-state index in [1.54, 1.807) is 0 Å². The Balaban J connectivity index is 2.42. The van der Waals surface area contributed by atoms with E-state index in [0.29, 0.717) is 0 Å². The first-order chi connectivity index (χ1) is 4.34. The van der Waals surface area contributed by atoms with E-state index >= 15 is 0 Å². The number of hydrogen-bond donors (Lipinski definition) is 0. The molecule has 0 bridgehead atoms. The quantitative estimate of drug-likeness (QED) is 0.496. The van der Waals surface area contributed by atoms with Crippen LogP contribution in [-0.4, -0.2) is 19.5 Å². The topological polar surface area (TPSA) is 18.5 Å². The second-order valence-electron chi connectivity index (χ2n) is 2.11. The van der Waals surface area contributed by atoms with Crippen molar-refractivity contribution in [1.82, 2.24) is 0 Å². The van der Waals surface area contributed by atoms with Crippen LogP contribution in [0.1, 0.15) is 13.8 Å². The fourth-order valence-corrected chi connectivity index (χ4v) is 0.757. The Morgan fingerprint density at radius 1 is 1.44 bits per heavy atom. The summed E-state index contributed by atoms with van der Waals surface area (Å²) in [4.78, 5) is 0. The fraction of sp³-hybridized carbons (Fsp3) is 0.714. The molecule has 1 saturated heterocycles. The highest BCUT2D eigenvalue weighted by Crippen LogP contribution is 2.12. The van der Waals surface area contributed by atoms with Gasteiger partial charge in [0.15, 0.2) is 6.29 Å². The van der Waals surface area contributed by atoms with Crippen LogP contribution in [-0.2, 0) is 9.47 Å². The number of rotatable bonds is 1. The van der Waals surface area contributed by atoms with E-state index in [1.165, 1.54) is 0 Å². The molecule has 0 aromatic carbocycles. The lowest BCUT2D eigenvalue weighted by molar-refractivity contribution is -0.0111. The molecule has 0 unspecified atom stereocenters. The van der Waals surface area contributed by atoms with Crippen molar-refractivity contribution in [3.63, 3.8) is 0 Å². The first-order valence-corrected chi connectivity index (χ1v) is 3.20. The summed E-state index contributed by atoms with van der Waals surface area (Å²) in [6.45, 7) is 5.46. The van der Waals surface area contributed by atoms with Crippen molar-refractivity contribution in [1.29, 1.82) is 0 Å². The Bertz CT molecular complexity index is 112. The van der Waals surface area contributed by atoms with Crippen LogP contribution in [0.2, 0.25) is 0 Å². The summed E-state index contributed by atoms with van der Waals surface area (Å²) in [5.74, 6) is 0. The second kappa shape index (κ2) is 2.99. The maximum Gasteiger partial charge on any atom is 0.179 e. The van der Waals surface area contributed by atoms with Gasteiger partial charge in [-0.05, 0) is 19.4 Å². The molecule has 1 fully saturated rings. The average molecular weight is 128 g/mol. The molecule has 0 aliphatic carbocycles. The lowest BCUT2D eigenvalue weighted by Gasteiger charge is -2.07. The van der Waals surface area contributed by atoms with E-state index < -0.39 is 0 Å². The van der Waals surface area contributed by atoms with Crippen LogP contribution in [0, 0.1) is 0 Å². The maximum atomic E-state index is 5.22. The van der Waals surface area contributed by atoms with E-state index in [1.807, 2.05) is 19.9 Å². The van der Waals surface area contributed by atoms with Gasteiger partial charge >= 0.3 is 0 Å². The molecule has 0 spiro atoms. The predicted octanol–water partition coefficient (Wildman–Crippen LogP) is 1.33. The van der Waals surface area contributed by atoms with Gasteiger partial charge in [0.1, 0.15) is 0 Å². The third-order valence-corrected chi connectivity index (χ3v) is 1.45. The standard InChI is InChI=1S/C7H12O2/c1-3-6(2)7-8-4-5-9-7/h3,7H,4-5H2,1-2H3/b6-3+. The zero-order valence-electron chi connectivity index (χ0n) is 5.89. The molecular weight excluding hydrogens is 116 g/mol. The highest BCUT2D eigenvalue weighted by atomic mass is 16.7. The molecule has 1 rings (SSSR count). The van der Waals surface area contributed by atoms with Gasteiger partial charge in [-0.25, -0.2) is 0 Å². The first kappa shape index (κ1) is 6.78. The van der Waals surface area contributed by atoms with Crippen LogP contribution in [0.25, 0.3) is 0 Å². The van der Waals surface area contributed by atoms with Crippen molar-refractivity contribution < 1.29 is 9.47 Å². The van der Waals surface area contributed by atoms with Crippen LogP contribution < -0.4 is 0 Å². The van der Waals surface area contributed by atoms with E-state index in [4.69, 9.17) is 9.47 Å². The summed E-state index contributed by atoms with van der Waals surface area (Å²) >= 11 is 0. The Kier molecular flexibility index (Phi) is 2.25. The van der Waals surface area contributed by atoms with E-state index in [9.17, 15) is 0 Å². The third kappa shape index (κ3) is 1.53. The molecule has 0 radical (unpaired) electrons. The van der Waals surface area contributed by atoms with Gasteiger partial charge < -0.3 is 9.47 Å². The molecule has 1 heterocycles. The average Bonchev–Trinajstić information content (AvgIpc) is 2.37. The minimum atomic E-state index is -0.0602. The molecule has 0 N–H and O–H groups in total. The number of hydrogen-bond acceptors (Lipinski definition) is 2. The minimum Gasteiger partial charge on any atom is -0.346 e. The van der Waals surface area contributed by atoms with Crippen molar-refractivity contribution in [3.8, 4) is 0 Å². The second-order valence-corrected chi connectivity index (χ2v) is 2.11. The van der Waals surface area contributed by atoms with Gasteiger partial charge in [-0.3, -0.25) is 0 Å². The molecule has 0 saturated carbocycles. The van der Waals surface area contributed by atoms with Crippen LogP contribution in [0.5, 0.6) is 0 Å². The van der Waals surface area contributed by atoms with Crippen molar-refractivity contribution in [2.24, 2.45) is 0 Å². The zero-order chi connectivity index (χ0) is 6.69. The molecule has 0 aromatic heterocycles. The normalized spacial score (nSPS) is 23.1. The number of ether oxygens (including phenoxy) is 2. The summed E-state index contributed by atoms with van der Waals surface area (Å²) in [5, 5.41) is 0. The monoisotopic (exact) mass is 128 g/mol. The van der Waals surface area contributed by atoms with Gasteiger partial charge in [0, 0.05) is 0 Å². The van der Waals surface area contributed by atoms with Gasteiger partial charge in [0.25, 0.3) is 0 Å². The Hall–Kier alpha value is -0.340. The Morgan fingerprint density at radius 3 is 2.44 bits per heavy atom. The molecule has 0 amide bonds. The van der Waals surface area contributed by atoms with Gasteiger partial charge in [-0.1, -0.05) is 6.08 Å². The van der Waals surface area contributed by atoms with Gasteiger partial charge in [-0.2, -0.15) is 0 Å². The highest BCUT2D eigenvalue weighted by Gasteiger charge is 2.16. The lowest BCUT2D eigenvalue weighted by atomic mass is 10.3. The number of allylic oxidation sites excluding steroid dienone is 1. The van der Waals surface area contributed by atoms with Crippen molar-refractivity contribution in [3.05, 3.63) is 11.6 Å². The van der Waals surface area contributed by atoms with Crippen molar-refractivity contribution in [2.45, 2.75) is 20.1 Å². The van der Waals surface area contributed by atoms with Gasteiger partial charge in [0.2, 0.25) is 0 Å². The molecule has 1 aliphatic rings. The summed E-state index contributed by atoms with van der Waals surface area (Å²) < 4.78 is 10.4. The molecule has 9 heavy (non-hydrogen) atoms. The highest BCUT2D eigenvalue weighted by molar-refractivity contribution is 5.00. The molecular formula is C7H12O2. The predicted molar refractivity (Wildman–Crippen MR) is 35.1 cm³/mol. The largest absolute Gasteiger partial charge is 0.346 e. The molecule has 0 atom stereocenters. The summed E-state index contributed by atoms with van der Waals surface area (Å²) in [6, 6.07) is 0. The van der Waals surface area contributed by atoms with Crippen molar-refractivity contribution in [2.75, 3.05) is 13.2 Å². The summed E-state index contributed by atoms with van der Waals surface area (Å²) in [6.07, 6.45) is 1.95. The van der Waals surface area contributed by atoms with Crippen LogP contribution in [0.4, 0.5) is 0 Å². The van der Waals surface area contributed by atoms with Gasteiger partial charge in [0.05, 0.1) is 13.2 Å². The van der Waals surface area contributed by atoms with Crippen LogP contribution >= 0.6 is 0 Å².